The van der Waals surface area contributed by atoms with E-state index in [4.69, 9.17) is 17.3 Å². The quantitative estimate of drug-likeness (QED) is 0.373. The van der Waals surface area contributed by atoms with Crippen LogP contribution in [0.2, 0.25) is 5.02 Å². The fourth-order valence-electron chi connectivity index (χ4n) is 2.70. The number of hydrogen-bond donors (Lipinski definition) is 2. The van der Waals surface area contributed by atoms with E-state index in [1.807, 2.05) is 11.9 Å². The smallest absolute Gasteiger partial charge is 0.148 e. The first-order valence-corrected chi connectivity index (χ1v) is 11.1. The lowest BCUT2D eigenvalue weighted by Gasteiger charge is -2.22. The first-order chi connectivity index (χ1) is 14.9. The Bertz CT molecular complexity index is 934. The predicted octanol–water partition coefficient (Wildman–Crippen LogP) is 6.73. The van der Waals surface area contributed by atoms with Gasteiger partial charge in [-0.25, -0.2) is 9.98 Å². The van der Waals surface area contributed by atoms with Gasteiger partial charge in [0.05, 0.1) is 16.4 Å². The maximum atomic E-state index is 9.71. The van der Waals surface area contributed by atoms with E-state index in [9.17, 15) is 5.11 Å². The van der Waals surface area contributed by atoms with Crippen LogP contribution in [-0.4, -0.2) is 29.2 Å². The minimum atomic E-state index is 0.0548. The third-order valence-electron chi connectivity index (χ3n) is 4.64. The molecule has 0 amide bonds. The standard InChI is InChI=1S/C23H29ClN4O.C3H8/c1-15-11-19(12-20(24)21(15)29)26-14-27-22(25)16(2)28(6)13-17-7-9-18(10-8-17)23(3,4)5;1-3-2/h7-12,14,29H,2,13H2,1,3-6H3,(H2,25,26,27);3H2,1-2H3. The molecule has 0 saturated heterocycles. The van der Waals surface area contributed by atoms with Crippen LogP contribution in [0.1, 0.15) is 57.7 Å². The van der Waals surface area contributed by atoms with Crippen LogP contribution in [0.15, 0.2) is 58.7 Å². The van der Waals surface area contributed by atoms with Crippen molar-refractivity contribution in [3.05, 3.63) is 70.4 Å². The van der Waals surface area contributed by atoms with Gasteiger partial charge in [0.25, 0.3) is 0 Å². The number of nitrogens with zero attached hydrogens (tertiary/aromatic N) is 3. The minimum Gasteiger partial charge on any atom is -0.506 e. The predicted molar refractivity (Wildman–Crippen MR) is 139 cm³/mol. The Kier molecular flexibility index (Phi) is 10.5. The highest BCUT2D eigenvalue weighted by molar-refractivity contribution is 6.32. The third-order valence-corrected chi connectivity index (χ3v) is 4.93. The van der Waals surface area contributed by atoms with E-state index in [1.165, 1.54) is 18.3 Å². The van der Waals surface area contributed by atoms with Crippen molar-refractivity contribution in [2.24, 2.45) is 15.7 Å². The summed E-state index contributed by atoms with van der Waals surface area (Å²) in [4.78, 5) is 10.3. The number of phenols is 1. The highest BCUT2D eigenvalue weighted by Gasteiger charge is 2.13. The number of aromatic hydroxyl groups is 1. The van der Waals surface area contributed by atoms with Gasteiger partial charge in [-0.3, -0.25) is 0 Å². The van der Waals surface area contributed by atoms with Crippen molar-refractivity contribution in [3.8, 4) is 5.75 Å². The average molecular weight is 457 g/mol. The molecule has 2 aromatic rings. The molecule has 3 N–H and O–H groups in total. The molecule has 0 spiro atoms. The van der Waals surface area contributed by atoms with E-state index in [0.29, 0.717) is 23.5 Å². The summed E-state index contributed by atoms with van der Waals surface area (Å²) >= 11 is 5.96. The third kappa shape index (κ3) is 8.39. The Labute approximate surface area is 198 Å². The van der Waals surface area contributed by atoms with Gasteiger partial charge >= 0.3 is 0 Å². The van der Waals surface area contributed by atoms with Crippen molar-refractivity contribution in [1.82, 2.24) is 4.90 Å². The summed E-state index contributed by atoms with van der Waals surface area (Å²) < 4.78 is 0. The number of hydrogen-bond acceptors (Lipinski definition) is 3. The summed E-state index contributed by atoms with van der Waals surface area (Å²) in [7, 11) is 1.92. The number of rotatable bonds is 6. The first kappa shape index (κ1) is 27.2. The second kappa shape index (κ2) is 12.3. The molecule has 0 aliphatic rings. The summed E-state index contributed by atoms with van der Waals surface area (Å²) in [5.74, 6) is 0.336. The van der Waals surface area contributed by atoms with Gasteiger partial charge in [-0.05, 0) is 41.2 Å². The molecule has 174 valence electrons. The van der Waals surface area contributed by atoms with E-state index >= 15 is 0 Å². The molecule has 0 aromatic heterocycles. The Morgan fingerprint density at radius 3 is 2.25 bits per heavy atom. The Hall–Kier alpha value is -2.79. The van der Waals surface area contributed by atoms with Crippen molar-refractivity contribution in [2.75, 3.05) is 7.05 Å². The van der Waals surface area contributed by atoms with Crippen LogP contribution in [0, 0.1) is 6.92 Å². The summed E-state index contributed by atoms with van der Waals surface area (Å²) in [6.45, 7) is 17.3. The molecule has 0 bridgehead atoms. The zero-order chi connectivity index (χ0) is 24.5. The highest BCUT2D eigenvalue weighted by Crippen LogP contribution is 2.31. The summed E-state index contributed by atoms with van der Waals surface area (Å²) in [6, 6.07) is 11.8. The average Bonchev–Trinajstić information content (AvgIpc) is 2.71. The van der Waals surface area contributed by atoms with Crippen molar-refractivity contribution in [3.63, 3.8) is 0 Å². The molecule has 2 aromatic carbocycles. The number of aryl methyl sites for hydroxylation is 1. The zero-order valence-electron chi connectivity index (χ0n) is 20.4. The van der Waals surface area contributed by atoms with Crippen LogP contribution >= 0.6 is 11.6 Å². The summed E-state index contributed by atoms with van der Waals surface area (Å²) in [6.07, 6.45) is 2.61. The molecule has 2 rings (SSSR count). The lowest BCUT2D eigenvalue weighted by molar-refractivity contribution is 0.432. The molecule has 0 heterocycles. The minimum absolute atomic E-state index is 0.0548. The fraction of sp³-hybridized carbons (Fsp3) is 0.385. The molecule has 32 heavy (non-hydrogen) atoms. The van der Waals surface area contributed by atoms with Crippen LogP contribution < -0.4 is 5.73 Å². The molecule has 0 radical (unpaired) electrons. The van der Waals surface area contributed by atoms with E-state index in [-0.39, 0.29) is 22.0 Å². The molecule has 0 unspecified atom stereocenters. The molecular weight excluding hydrogens is 420 g/mol. The van der Waals surface area contributed by atoms with Gasteiger partial charge in [0.15, 0.2) is 0 Å². The second-order valence-electron chi connectivity index (χ2n) is 8.81. The molecule has 5 nitrogen and oxygen atoms in total. The van der Waals surface area contributed by atoms with Gasteiger partial charge < -0.3 is 15.7 Å². The van der Waals surface area contributed by atoms with Crippen molar-refractivity contribution in [1.29, 1.82) is 0 Å². The van der Waals surface area contributed by atoms with Gasteiger partial charge in [-0.1, -0.05) is 83.5 Å². The van der Waals surface area contributed by atoms with E-state index < -0.39 is 0 Å². The van der Waals surface area contributed by atoms with Crippen LogP contribution in [0.3, 0.4) is 0 Å². The van der Waals surface area contributed by atoms with Gasteiger partial charge in [-0.2, -0.15) is 0 Å². The number of aliphatic imine (C=N–C) groups is 2. The lowest BCUT2D eigenvalue weighted by atomic mass is 9.87. The van der Waals surface area contributed by atoms with E-state index in [1.54, 1.807) is 19.1 Å². The molecular formula is C26H37ClN4O. The molecule has 0 aliphatic heterocycles. The highest BCUT2D eigenvalue weighted by atomic mass is 35.5. The lowest BCUT2D eigenvalue weighted by Crippen LogP contribution is -2.27. The van der Waals surface area contributed by atoms with Crippen LogP contribution in [0.4, 0.5) is 5.69 Å². The van der Waals surface area contributed by atoms with Crippen LogP contribution in [0.25, 0.3) is 0 Å². The first-order valence-electron chi connectivity index (χ1n) is 10.7. The number of likely N-dealkylation sites (N-methyl/N-ethyl adjacent to an activating group) is 1. The molecule has 0 aliphatic carbocycles. The van der Waals surface area contributed by atoms with Crippen LogP contribution in [-0.2, 0) is 12.0 Å². The van der Waals surface area contributed by atoms with Gasteiger partial charge in [0.1, 0.15) is 17.9 Å². The van der Waals surface area contributed by atoms with E-state index in [0.717, 1.165) is 5.56 Å². The number of phenolic OH excluding ortho intramolecular Hbond substituents is 1. The molecule has 0 atom stereocenters. The Balaban J connectivity index is 0.00000161. The summed E-state index contributed by atoms with van der Waals surface area (Å²) in [5.41, 5.74) is 10.5. The number of amidine groups is 1. The number of nitrogens with two attached hydrogens (primary N) is 1. The number of halogens is 1. The maximum absolute atomic E-state index is 9.71. The number of benzene rings is 2. The second-order valence-corrected chi connectivity index (χ2v) is 9.22. The van der Waals surface area contributed by atoms with Crippen molar-refractivity contribution < 1.29 is 5.11 Å². The van der Waals surface area contributed by atoms with Crippen molar-refractivity contribution >= 4 is 29.5 Å². The zero-order valence-corrected chi connectivity index (χ0v) is 21.2. The molecule has 0 saturated carbocycles. The van der Waals surface area contributed by atoms with Crippen LogP contribution in [0.5, 0.6) is 5.75 Å². The van der Waals surface area contributed by atoms with Gasteiger partial charge in [-0.15, -0.1) is 0 Å². The molecule has 0 fully saturated rings. The maximum Gasteiger partial charge on any atom is 0.148 e. The monoisotopic (exact) mass is 456 g/mol. The van der Waals surface area contributed by atoms with Crippen molar-refractivity contribution in [2.45, 2.75) is 59.9 Å². The van der Waals surface area contributed by atoms with E-state index in [2.05, 4.69) is 75.4 Å². The molecule has 6 heteroatoms. The van der Waals surface area contributed by atoms with Gasteiger partial charge in [0.2, 0.25) is 0 Å². The largest absolute Gasteiger partial charge is 0.506 e. The Morgan fingerprint density at radius 2 is 1.75 bits per heavy atom. The summed E-state index contributed by atoms with van der Waals surface area (Å²) in [5, 5.41) is 9.95. The normalized spacial score (nSPS) is 11.8. The SMILES string of the molecule is C=C(C(N)=NC=Nc1cc(C)c(O)c(Cl)c1)N(C)Cc1ccc(C(C)(C)C)cc1.CCC. The fourth-order valence-corrected chi connectivity index (χ4v) is 2.96. The Morgan fingerprint density at radius 1 is 1.19 bits per heavy atom. The topological polar surface area (TPSA) is 74.2 Å². The van der Waals surface area contributed by atoms with Gasteiger partial charge in [0, 0.05) is 13.6 Å².